The monoisotopic (exact) mass is 341 g/mol. The molecule has 0 bridgehead atoms. The second-order valence-electron chi connectivity index (χ2n) is 1.60. The lowest BCUT2D eigenvalue weighted by molar-refractivity contribution is 0.593. The average Bonchev–Trinajstić information content (AvgIpc) is 1.91. The van der Waals surface area contributed by atoms with E-state index in [2.05, 4.69) is 56.4 Å². The lowest BCUT2D eigenvalue weighted by Crippen LogP contribution is -2.19. The predicted octanol–water partition coefficient (Wildman–Crippen LogP) is 2.78. The Morgan fingerprint density at radius 3 is 1.88 bits per heavy atom. The van der Waals surface area contributed by atoms with E-state index in [1.165, 1.54) is 6.42 Å². The first-order chi connectivity index (χ1) is 3.81. The Labute approximate surface area is 75.3 Å². The standard InChI is InChI=1S/C5H13N.I2/c1-4-5(2)6-3;1-2/h5-6H,4H2,1-3H3;. The van der Waals surface area contributed by atoms with Gasteiger partial charge in [-0.1, -0.05) is 6.92 Å². The molecular formula is C5H13I2N. The first-order valence-electron chi connectivity index (χ1n) is 2.62. The Morgan fingerprint density at radius 2 is 1.88 bits per heavy atom. The van der Waals surface area contributed by atoms with E-state index in [0.717, 1.165) is 0 Å². The summed E-state index contributed by atoms with van der Waals surface area (Å²) >= 11 is 4.24. The lowest BCUT2D eigenvalue weighted by Gasteiger charge is -2.02. The van der Waals surface area contributed by atoms with Gasteiger partial charge in [-0.05, 0) is 20.4 Å². The van der Waals surface area contributed by atoms with E-state index in [0.29, 0.717) is 6.04 Å². The molecule has 0 heterocycles. The SMILES string of the molecule is CCC(C)NC.II. The van der Waals surface area contributed by atoms with Crippen molar-refractivity contribution in [3.63, 3.8) is 0 Å². The highest BCUT2D eigenvalue weighted by Crippen LogP contribution is 1.89. The Hall–Kier alpha value is 1.42. The fourth-order valence-electron chi connectivity index (χ4n) is 0.204. The molecule has 0 radical (unpaired) electrons. The van der Waals surface area contributed by atoms with E-state index in [1.54, 1.807) is 0 Å². The average molecular weight is 341 g/mol. The van der Waals surface area contributed by atoms with Gasteiger partial charge < -0.3 is 5.32 Å². The van der Waals surface area contributed by atoms with Crippen LogP contribution in [0.25, 0.3) is 0 Å². The minimum Gasteiger partial charge on any atom is -0.317 e. The third-order valence-corrected chi connectivity index (χ3v) is 1.11. The summed E-state index contributed by atoms with van der Waals surface area (Å²) in [6, 6.07) is 0.685. The smallest absolute Gasteiger partial charge is 0.00331 e. The van der Waals surface area contributed by atoms with E-state index in [-0.39, 0.29) is 0 Å². The van der Waals surface area contributed by atoms with Gasteiger partial charge in [0.15, 0.2) is 0 Å². The van der Waals surface area contributed by atoms with Crippen molar-refractivity contribution in [2.24, 2.45) is 0 Å². The highest BCUT2D eigenvalue weighted by atomic mass is 128. The van der Waals surface area contributed by atoms with Crippen molar-refractivity contribution in [3.8, 4) is 0 Å². The second kappa shape index (κ2) is 11.2. The number of hydrogen-bond acceptors (Lipinski definition) is 1. The normalized spacial score (nSPS) is 11.6. The number of rotatable bonds is 2. The van der Waals surface area contributed by atoms with Crippen LogP contribution in [0.3, 0.4) is 0 Å². The summed E-state index contributed by atoms with van der Waals surface area (Å²) < 4.78 is 0. The highest BCUT2D eigenvalue weighted by Gasteiger charge is 1.86. The molecule has 0 fully saturated rings. The van der Waals surface area contributed by atoms with Crippen LogP contribution in [0, 0.1) is 0 Å². The van der Waals surface area contributed by atoms with E-state index >= 15 is 0 Å². The van der Waals surface area contributed by atoms with Crippen LogP contribution >= 0.6 is 37.2 Å². The molecule has 0 aromatic carbocycles. The maximum atomic E-state index is 3.11. The topological polar surface area (TPSA) is 12.0 Å². The molecule has 1 nitrogen and oxygen atoms in total. The molecule has 3 heteroatoms. The third-order valence-electron chi connectivity index (χ3n) is 1.11. The fourth-order valence-corrected chi connectivity index (χ4v) is 0.204. The van der Waals surface area contributed by atoms with Crippen LogP contribution in [0.1, 0.15) is 20.3 Å². The number of halogens is 2. The Balaban J connectivity index is 0. The molecule has 0 amide bonds. The van der Waals surface area contributed by atoms with Gasteiger partial charge in [0, 0.05) is 43.3 Å². The maximum Gasteiger partial charge on any atom is 0.00331 e. The zero-order valence-electron chi connectivity index (χ0n) is 5.54. The molecule has 52 valence electrons. The van der Waals surface area contributed by atoms with Crippen LogP contribution in [0.15, 0.2) is 0 Å². The van der Waals surface area contributed by atoms with Gasteiger partial charge in [0.1, 0.15) is 0 Å². The first-order valence-corrected chi connectivity index (χ1v) is 8.91. The van der Waals surface area contributed by atoms with Crippen molar-refractivity contribution in [1.82, 2.24) is 5.32 Å². The zero-order chi connectivity index (χ0) is 6.99. The number of hydrogen-bond donors (Lipinski definition) is 1. The Morgan fingerprint density at radius 1 is 1.50 bits per heavy atom. The van der Waals surface area contributed by atoms with Crippen LogP contribution in [0.4, 0.5) is 0 Å². The largest absolute Gasteiger partial charge is 0.317 e. The number of nitrogens with one attached hydrogen (secondary N) is 1. The summed E-state index contributed by atoms with van der Waals surface area (Å²) in [5, 5.41) is 3.11. The predicted molar refractivity (Wildman–Crippen MR) is 56.9 cm³/mol. The summed E-state index contributed by atoms with van der Waals surface area (Å²) in [6.07, 6.45) is 1.22. The summed E-state index contributed by atoms with van der Waals surface area (Å²) in [5.41, 5.74) is 0. The maximum absolute atomic E-state index is 3.11. The molecule has 1 atom stereocenters. The first kappa shape index (κ1) is 12.1. The summed E-state index contributed by atoms with van der Waals surface area (Å²) in [7, 11) is 1.98. The lowest BCUT2D eigenvalue weighted by atomic mass is 10.3. The molecule has 0 aliphatic heterocycles. The van der Waals surface area contributed by atoms with Crippen molar-refractivity contribution < 1.29 is 0 Å². The molecule has 0 saturated carbocycles. The summed E-state index contributed by atoms with van der Waals surface area (Å²) in [5.74, 6) is 0. The van der Waals surface area contributed by atoms with Crippen LogP contribution in [-0.4, -0.2) is 13.1 Å². The van der Waals surface area contributed by atoms with Gasteiger partial charge >= 0.3 is 0 Å². The fraction of sp³-hybridized carbons (Fsp3) is 1.00. The molecule has 1 unspecified atom stereocenters. The molecule has 0 spiro atoms. The summed E-state index contributed by atoms with van der Waals surface area (Å²) in [4.78, 5) is 0. The van der Waals surface area contributed by atoms with Gasteiger partial charge in [0.2, 0.25) is 0 Å². The van der Waals surface area contributed by atoms with Crippen LogP contribution < -0.4 is 5.32 Å². The molecule has 1 N–H and O–H groups in total. The van der Waals surface area contributed by atoms with Crippen LogP contribution in [-0.2, 0) is 0 Å². The molecule has 8 heavy (non-hydrogen) atoms. The molecule has 0 aromatic rings. The molecule has 0 aromatic heterocycles. The van der Waals surface area contributed by atoms with E-state index in [4.69, 9.17) is 0 Å². The highest BCUT2D eigenvalue weighted by molar-refractivity contribution is 15.0. The van der Waals surface area contributed by atoms with E-state index < -0.39 is 0 Å². The van der Waals surface area contributed by atoms with Crippen molar-refractivity contribution >= 4 is 37.2 Å². The van der Waals surface area contributed by atoms with Gasteiger partial charge in [-0.3, -0.25) is 0 Å². The van der Waals surface area contributed by atoms with Crippen LogP contribution in [0.5, 0.6) is 0 Å². The minimum absolute atomic E-state index is 0.685. The van der Waals surface area contributed by atoms with Gasteiger partial charge in [0.25, 0.3) is 0 Å². The third kappa shape index (κ3) is 10.4. The summed E-state index contributed by atoms with van der Waals surface area (Å²) in [6.45, 7) is 4.33. The Kier molecular flexibility index (Phi) is 17.1. The second-order valence-corrected chi connectivity index (χ2v) is 1.60. The zero-order valence-corrected chi connectivity index (χ0v) is 9.86. The van der Waals surface area contributed by atoms with Gasteiger partial charge in [-0.15, -0.1) is 0 Å². The molecule has 0 aliphatic rings. The van der Waals surface area contributed by atoms with Crippen molar-refractivity contribution in [1.29, 1.82) is 0 Å². The molecular weight excluding hydrogens is 328 g/mol. The minimum atomic E-state index is 0.685. The molecule has 0 aliphatic carbocycles. The Bertz CT molecular complexity index is 29.6. The quantitative estimate of drug-likeness (QED) is 0.762. The van der Waals surface area contributed by atoms with Crippen molar-refractivity contribution in [2.75, 3.05) is 7.05 Å². The van der Waals surface area contributed by atoms with E-state index in [1.807, 2.05) is 7.05 Å². The van der Waals surface area contributed by atoms with Crippen LogP contribution in [0.2, 0.25) is 0 Å². The van der Waals surface area contributed by atoms with Gasteiger partial charge in [-0.25, -0.2) is 0 Å². The van der Waals surface area contributed by atoms with Crippen molar-refractivity contribution in [2.45, 2.75) is 26.3 Å². The van der Waals surface area contributed by atoms with E-state index in [9.17, 15) is 0 Å². The molecule has 0 rings (SSSR count). The molecule has 0 saturated heterocycles. The van der Waals surface area contributed by atoms with Gasteiger partial charge in [0.05, 0.1) is 0 Å². The van der Waals surface area contributed by atoms with Crippen molar-refractivity contribution in [3.05, 3.63) is 0 Å². The van der Waals surface area contributed by atoms with Gasteiger partial charge in [-0.2, -0.15) is 0 Å².